The Bertz CT molecular complexity index is 1220. The number of nitrogens with zero attached hydrogens (tertiary/aromatic N) is 4. The van der Waals surface area contributed by atoms with Crippen molar-refractivity contribution in [3.8, 4) is 0 Å². The van der Waals surface area contributed by atoms with Gasteiger partial charge < -0.3 is 8.99 Å². The molecule has 2 aromatic heterocycles. The highest BCUT2D eigenvalue weighted by Gasteiger charge is 2.50. The number of hydrogen-bond donors (Lipinski definition) is 0. The number of benzene rings is 2. The summed E-state index contributed by atoms with van der Waals surface area (Å²) in [7, 11) is -2.53. The first-order chi connectivity index (χ1) is 16.4. The van der Waals surface area contributed by atoms with Crippen molar-refractivity contribution >= 4 is 53.2 Å². The molecule has 0 N–H and O–H groups in total. The van der Waals surface area contributed by atoms with Crippen molar-refractivity contribution in [3.05, 3.63) is 78.5 Å². The van der Waals surface area contributed by atoms with Crippen LogP contribution in [-0.4, -0.2) is 39.7 Å². The van der Waals surface area contributed by atoms with E-state index in [-0.39, 0.29) is 10.4 Å². The average Bonchev–Trinajstić information content (AvgIpc) is 3.48. The van der Waals surface area contributed by atoms with Crippen LogP contribution in [0.3, 0.4) is 0 Å². The minimum Gasteiger partial charge on any atom is -0.406 e. The number of fused-ring (bicyclic) bond motifs is 1. The predicted octanol–water partition coefficient (Wildman–Crippen LogP) is 5.45. The third kappa shape index (κ3) is 4.19. The zero-order valence-electron chi connectivity index (χ0n) is 19.7. The summed E-state index contributed by atoms with van der Waals surface area (Å²) in [6.07, 6.45) is 5.48. The number of hydrogen-bond acceptors (Lipinski definition) is 5. The van der Waals surface area contributed by atoms with Gasteiger partial charge in [-0.3, -0.25) is 0 Å². The molecule has 5 nitrogen and oxygen atoms in total. The molecule has 0 unspecified atom stereocenters. The van der Waals surface area contributed by atoms with Crippen LogP contribution in [-0.2, 0) is 4.43 Å². The molecule has 1 aliphatic rings. The Morgan fingerprint density at radius 3 is 2.24 bits per heavy atom. The van der Waals surface area contributed by atoms with Crippen LogP contribution in [0.25, 0.3) is 11.2 Å². The van der Waals surface area contributed by atoms with Crippen LogP contribution < -0.4 is 10.4 Å². The maximum atomic E-state index is 7.17. The summed E-state index contributed by atoms with van der Waals surface area (Å²) in [5.74, 6) is 0. The van der Waals surface area contributed by atoms with E-state index in [1.807, 2.05) is 18.1 Å². The molecule has 2 aromatic carbocycles. The maximum Gasteiger partial charge on any atom is 0.261 e. The molecule has 1 aliphatic heterocycles. The first kappa shape index (κ1) is 23.5. The summed E-state index contributed by atoms with van der Waals surface area (Å²) in [5.41, 5.74) is 1.46. The predicted molar refractivity (Wildman–Crippen MR) is 144 cm³/mol. The Balaban J connectivity index is 1.42. The maximum absolute atomic E-state index is 7.17. The molecule has 8 heteroatoms. The molecule has 176 valence electrons. The van der Waals surface area contributed by atoms with E-state index in [0.29, 0.717) is 15.9 Å². The lowest BCUT2D eigenvalue weighted by molar-refractivity contribution is 0.295. The van der Waals surface area contributed by atoms with E-state index in [4.69, 9.17) is 16.0 Å². The highest BCUT2D eigenvalue weighted by Crippen LogP contribution is 2.44. The summed E-state index contributed by atoms with van der Waals surface area (Å²) >= 11 is 8.16. The molecule has 0 radical (unpaired) electrons. The Hall–Kier alpha value is -2.19. The second kappa shape index (κ2) is 9.45. The fourth-order valence-corrected chi connectivity index (χ4v) is 11.4. The fraction of sp³-hybridized carbons (Fsp3) is 0.346. The lowest BCUT2D eigenvalue weighted by atomic mass is 10.2. The van der Waals surface area contributed by atoms with Crippen LogP contribution in [0.4, 0.5) is 0 Å². The quantitative estimate of drug-likeness (QED) is 0.256. The summed E-state index contributed by atoms with van der Waals surface area (Å²) in [6.45, 7) is 7.69. The van der Waals surface area contributed by atoms with Crippen LogP contribution in [0.15, 0.2) is 73.3 Å². The standard InChI is InChI=1S/C26H29ClN4OSSi/c1-26(2,3)34(20-10-6-4-7-11-20,21-12-8-5-9-13-21)32-16-19-14-15-22(33-19)31-18-30-23-24(27)28-17-29-25(23)31/h4-13,17-19,22H,14-16H2,1-3H3/t19-,22+/m0/s1. The van der Waals surface area contributed by atoms with Gasteiger partial charge in [-0.25, -0.2) is 15.0 Å². The normalized spacial score (nSPS) is 19.1. The molecular formula is C26H29ClN4OSSi. The van der Waals surface area contributed by atoms with Crippen molar-refractivity contribution in [3.63, 3.8) is 0 Å². The summed E-state index contributed by atoms with van der Waals surface area (Å²) in [6, 6.07) is 21.7. The molecule has 5 rings (SSSR count). The Morgan fingerprint density at radius 2 is 1.62 bits per heavy atom. The monoisotopic (exact) mass is 508 g/mol. The zero-order chi connectivity index (χ0) is 23.8. The molecule has 1 saturated heterocycles. The average molecular weight is 509 g/mol. The summed E-state index contributed by atoms with van der Waals surface area (Å²) in [4.78, 5) is 12.9. The lowest BCUT2D eigenvalue weighted by Gasteiger charge is -2.43. The van der Waals surface area contributed by atoms with Crippen LogP contribution in [0, 0.1) is 0 Å². The molecule has 34 heavy (non-hydrogen) atoms. The highest BCUT2D eigenvalue weighted by molar-refractivity contribution is 8.00. The molecule has 2 atom stereocenters. The zero-order valence-corrected chi connectivity index (χ0v) is 22.3. The van der Waals surface area contributed by atoms with Gasteiger partial charge in [0.05, 0.1) is 11.7 Å². The third-order valence-corrected chi connectivity index (χ3v) is 13.4. The van der Waals surface area contributed by atoms with Gasteiger partial charge in [-0.15, -0.1) is 11.8 Å². The van der Waals surface area contributed by atoms with Gasteiger partial charge in [-0.1, -0.05) is 93.0 Å². The number of imidazole rings is 1. The van der Waals surface area contributed by atoms with E-state index < -0.39 is 8.32 Å². The topological polar surface area (TPSA) is 52.8 Å². The van der Waals surface area contributed by atoms with E-state index >= 15 is 0 Å². The largest absolute Gasteiger partial charge is 0.406 e. The van der Waals surface area contributed by atoms with Crippen molar-refractivity contribution < 1.29 is 4.43 Å². The molecule has 0 amide bonds. The van der Waals surface area contributed by atoms with Gasteiger partial charge in [0.1, 0.15) is 11.8 Å². The minimum atomic E-state index is -2.53. The van der Waals surface area contributed by atoms with Crippen LogP contribution >= 0.6 is 23.4 Å². The van der Waals surface area contributed by atoms with Crippen LogP contribution in [0.2, 0.25) is 10.2 Å². The number of aromatic nitrogens is 4. The molecule has 4 aromatic rings. The van der Waals surface area contributed by atoms with Crippen molar-refractivity contribution in [2.75, 3.05) is 6.61 Å². The van der Waals surface area contributed by atoms with Crippen molar-refractivity contribution in [2.45, 2.75) is 49.3 Å². The number of halogens is 1. The molecule has 1 fully saturated rings. The second-order valence-corrected chi connectivity index (χ2v) is 15.9. The first-order valence-electron chi connectivity index (χ1n) is 11.6. The van der Waals surface area contributed by atoms with Gasteiger partial charge >= 0.3 is 0 Å². The van der Waals surface area contributed by atoms with Crippen molar-refractivity contribution in [1.29, 1.82) is 0 Å². The molecule has 0 spiro atoms. The smallest absolute Gasteiger partial charge is 0.261 e. The summed E-state index contributed by atoms with van der Waals surface area (Å²) < 4.78 is 9.30. The fourth-order valence-electron chi connectivity index (χ4n) is 5.03. The van der Waals surface area contributed by atoms with Gasteiger partial charge in [0.25, 0.3) is 8.32 Å². The van der Waals surface area contributed by atoms with Gasteiger partial charge in [-0.2, -0.15) is 0 Å². The Labute approximate surface area is 211 Å². The number of thioether (sulfide) groups is 1. The SMILES string of the molecule is CC(C)(C)[Si](OC[C@@H]1CC[C@H](n2cnc3c(Cl)ncnc32)S1)(c1ccccc1)c1ccccc1. The van der Waals surface area contributed by atoms with Crippen molar-refractivity contribution in [2.24, 2.45) is 0 Å². The third-order valence-electron chi connectivity index (χ3n) is 6.61. The molecule has 0 aliphatic carbocycles. The van der Waals surface area contributed by atoms with E-state index in [9.17, 15) is 0 Å². The van der Waals surface area contributed by atoms with E-state index in [1.165, 1.54) is 16.7 Å². The lowest BCUT2D eigenvalue weighted by Crippen LogP contribution is -2.67. The van der Waals surface area contributed by atoms with Gasteiger partial charge in [0, 0.05) is 11.9 Å². The Kier molecular flexibility index (Phi) is 6.55. The Morgan fingerprint density at radius 1 is 0.971 bits per heavy atom. The first-order valence-corrected chi connectivity index (χ1v) is 14.9. The molecule has 0 saturated carbocycles. The highest BCUT2D eigenvalue weighted by atomic mass is 35.5. The summed E-state index contributed by atoms with van der Waals surface area (Å²) in [5, 5.41) is 3.69. The number of rotatable bonds is 6. The molecule has 3 heterocycles. The van der Waals surface area contributed by atoms with Gasteiger partial charge in [0.15, 0.2) is 10.8 Å². The second-order valence-electron chi connectivity index (χ2n) is 9.75. The molecule has 0 bridgehead atoms. The van der Waals surface area contributed by atoms with Gasteiger partial charge in [-0.05, 0) is 28.3 Å². The van der Waals surface area contributed by atoms with Crippen molar-refractivity contribution in [1.82, 2.24) is 19.5 Å². The molecular weight excluding hydrogens is 480 g/mol. The minimum absolute atomic E-state index is 0.0212. The van der Waals surface area contributed by atoms with E-state index in [1.54, 1.807) is 0 Å². The van der Waals surface area contributed by atoms with E-state index in [2.05, 4.69) is 101 Å². The van der Waals surface area contributed by atoms with Crippen LogP contribution in [0.1, 0.15) is 39.0 Å². The van der Waals surface area contributed by atoms with E-state index in [0.717, 1.165) is 25.1 Å². The van der Waals surface area contributed by atoms with Crippen LogP contribution in [0.5, 0.6) is 0 Å². The van der Waals surface area contributed by atoms with Gasteiger partial charge in [0.2, 0.25) is 0 Å².